The molecular weight excluding hydrogens is 1080 g/mol. The number of hydrogen-bond donors (Lipinski definition) is 3. The topological polar surface area (TPSA) is 246 Å². The average Bonchev–Trinajstić information content (AvgIpc) is 3.56. The van der Waals surface area contributed by atoms with Crippen molar-refractivity contribution >= 4 is 48.1 Å². The zero-order chi connectivity index (χ0) is 56.8. The first-order valence-corrected chi connectivity index (χ1v) is 29.4. The third kappa shape index (κ3) is 18.5. The second-order valence-electron chi connectivity index (χ2n) is 19.5. The summed E-state index contributed by atoms with van der Waals surface area (Å²) in [6, 6.07) is 11.5. The van der Waals surface area contributed by atoms with Gasteiger partial charge in [0.15, 0.2) is 18.2 Å². The largest absolute Gasteiger partial charge is 0.456 e. The molecule has 0 fully saturated rings. The number of allylic oxidation sites excluding steroid dienone is 3. The van der Waals surface area contributed by atoms with Gasteiger partial charge in [0.2, 0.25) is 22.7 Å². The molecule has 0 bridgehead atoms. The summed E-state index contributed by atoms with van der Waals surface area (Å²) in [5.41, 5.74) is 1.60. The lowest BCUT2D eigenvalue weighted by molar-refractivity contribution is -0.135. The van der Waals surface area contributed by atoms with Crippen LogP contribution in [0.2, 0.25) is 0 Å². The van der Waals surface area contributed by atoms with Gasteiger partial charge < -0.3 is 33.0 Å². The normalized spacial score (nSPS) is 16.3. The number of halogens is 4. The Balaban J connectivity index is 1.48. The predicted octanol–water partition coefficient (Wildman–Crippen LogP) is 7.74. The number of anilines is 1. The van der Waals surface area contributed by atoms with Gasteiger partial charge in [-0.25, -0.2) is 13.4 Å². The van der Waals surface area contributed by atoms with Crippen LogP contribution in [-0.2, 0) is 64.9 Å². The second kappa shape index (κ2) is 27.7. The van der Waals surface area contributed by atoms with Crippen molar-refractivity contribution in [3.8, 4) is 17.1 Å². The molecule has 18 nitrogen and oxygen atoms in total. The van der Waals surface area contributed by atoms with E-state index in [2.05, 4.69) is 4.74 Å². The van der Waals surface area contributed by atoms with E-state index in [0.29, 0.717) is 92.9 Å². The maximum Gasteiger partial charge on any atom is 0.311 e. The van der Waals surface area contributed by atoms with Crippen molar-refractivity contribution < 1.29 is 89.4 Å². The summed E-state index contributed by atoms with van der Waals surface area (Å²) in [6.07, 6.45) is 5.59. The van der Waals surface area contributed by atoms with Crippen molar-refractivity contribution in [2.24, 2.45) is 0 Å². The summed E-state index contributed by atoms with van der Waals surface area (Å²) in [4.78, 5) is 14.0. The predicted molar refractivity (Wildman–Crippen MR) is 278 cm³/mol. The van der Waals surface area contributed by atoms with Crippen LogP contribution in [0.1, 0.15) is 89.5 Å². The molecule has 0 spiro atoms. The molecule has 1 atom stereocenters. The van der Waals surface area contributed by atoms with E-state index < -0.39 is 92.6 Å². The van der Waals surface area contributed by atoms with Crippen LogP contribution >= 0.6 is 0 Å². The maximum absolute atomic E-state index is 14.2. The Morgan fingerprint density at radius 2 is 1.38 bits per heavy atom. The zero-order valence-electron chi connectivity index (χ0n) is 43.6. The first-order chi connectivity index (χ1) is 36.1. The molecule has 2 aromatic rings. The zero-order valence-corrected chi connectivity index (χ0v) is 46.0. The van der Waals surface area contributed by atoms with E-state index in [1.54, 1.807) is 32.3 Å². The number of unbranched alkanes of at least 4 members (excludes halogenated alkanes) is 2. The molecule has 426 valence electrons. The molecule has 3 aliphatic rings. The molecule has 0 aromatic heterocycles. The van der Waals surface area contributed by atoms with Crippen molar-refractivity contribution in [2.45, 2.75) is 88.4 Å². The van der Waals surface area contributed by atoms with Gasteiger partial charge in [-0.1, -0.05) is 33.3 Å². The molecule has 5 rings (SSSR count). The first kappa shape index (κ1) is 62.7. The molecule has 77 heavy (non-hydrogen) atoms. The molecule has 1 unspecified atom stereocenters. The fourth-order valence-electron chi connectivity index (χ4n) is 8.82. The van der Waals surface area contributed by atoms with Crippen LogP contribution in [0.25, 0.3) is 17.4 Å². The molecule has 0 radical (unpaired) electrons. The Morgan fingerprint density at radius 3 is 1.99 bits per heavy atom. The fraction of sp³-hybridized carbons (Fsp3) is 0.500. The lowest BCUT2D eigenvalue weighted by Gasteiger charge is -2.30. The third-order valence-corrected chi connectivity index (χ3v) is 15.1. The fourth-order valence-corrected chi connectivity index (χ4v) is 10.3. The molecule has 2 aliphatic heterocycles. The highest BCUT2D eigenvalue weighted by Gasteiger charge is 2.44. The number of fused-ring (bicyclic) bond motifs is 2. The Hall–Kier alpha value is -5.09. The number of rotatable bonds is 30. The van der Waals surface area contributed by atoms with E-state index in [0.717, 1.165) is 11.1 Å². The van der Waals surface area contributed by atoms with Gasteiger partial charge >= 0.3 is 5.97 Å². The van der Waals surface area contributed by atoms with Gasteiger partial charge in [0.05, 0.1) is 62.1 Å². The number of ether oxygens (including phenoxy) is 5. The van der Waals surface area contributed by atoms with Gasteiger partial charge in [-0.15, -0.1) is 0 Å². The maximum atomic E-state index is 14.2. The SMILES string of the molecule is COCCOCCOCCOCC[N+](CCCS(=O)(=O)O)=c1ccc2c(C(C)(C)C)cc(/C=C/C=C3/N(CCCCCC(=O)Oc4c(F)c(F)cc(F)c4F)c4ccc(S(=O)(=O)O)cc4C3(C)CCCS(=O)(=O)O)oc-2c1. The molecule has 0 saturated carbocycles. The van der Waals surface area contributed by atoms with E-state index in [1.807, 2.05) is 54.5 Å². The summed E-state index contributed by atoms with van der Waals surface area (Å²) in [6.45, 7) is 11.2. The van der Waals surface area contributed by atoms with Crippen LogP contribution in [-0.4, -0.2) is 129 Å². The summed E-state index contributed by atoms with van der Waals surface area (Å²) >= 11 is 0. The van der Waals surface area contributed by atoms with Crippen LogP contribution in [0.5, 0.6) is 5.75 Å². The molecule has 0 amide bonds. The molecule has 2 heterocycles. The van der Waals surface area contributed by atoms with Crippen molar-refractivity contribution in [2.75, 3.05) is 89.4 Å². The molecule has 2 aromatic carbocycles. The Morgan fingerprint density at radius 1 is 0.753 bits per heavy atom. The highest BCUT2D eigenvalue weighted by atomic mass is 32.2. The van der Waals surface area contributed by atoms with Gasteiger partial charge in [-0.05, 0) is 91.6 Å². The summed E-state index contributed by atoms with van der Waals surface area (Å²) in [7, 11) is -11.8. The summed E-state index contributed by atoms with van der Waals surface area (Å²) in [5, 5.41) is 0.679. The van der Waals surface area contributed by atoms with Gasteiger partial charge in [0.1, 0.15) is 24.7 Å². The van der Waals surface area contributed by atoms with Crippen LogP contribution in [0.3, 0.4) is 0 Å². The van der Waals surface area contributed by atoms with Crippen LogP contribution in [0.4, 0.5) is 23.2 Å². The third-order valence-electron chi connectivity index (χ3n) is 12.6. The summed E-state index contributed by atoms with van der Waals surface area (Å²) < 4.78 is 192. The van der Waals surface area contributed by atoms with Crippen LogP contribution in [0.15, 0.2) is 75.7 Å². The molecule has 3 N–H and O–H groups in total. The quantitative estimate of drug-likeness (QED) is 0.00859. The monoisotopic (exact) mass is 1150 g/mol. The van der Waals surface area contributed by atoms with Crippen molar-refractivity contribution in [3.05, 3.63) is 112 Å². The van der Waals surface area contributed by atoms with Crippen LogP contribution < -0.4 is 19.6 Å². The van der Waals surface area contributed by atoms with E-state index in [-0.39, 0.29) is 57.9 Å². The smallest absolute Gasteiger partial charge is 0.311 e. The average molecular weight is 1150 g/mol. The van der Waals surface area contributed by atoms with E-state index in [9.17, 15) is 61.3 Å². The molecular formula is C52H67F4N2O16S3+. The van der Waals surface area contributed by atoms with Crippen molar-refractivity contribution in [1.82, 2.24) is 4.58 Å². The Labute approximate surface area is 446 Å². The lowest BCUT2D eigenvalue weighted by atomic mass is 9.77. The highest BCUT2D eigenvalue weighted by Crippen LogP contribution is 2.51. The van der Waals surface area contributed by atoms with Gasteiger partial charge in [0, 0.05) is 61.0 Å². The minimum Gasteiger partial charge on any atom is -0.456 e. The van der Waals surface area contributed by atoms with Gasteiger partial charge in [0.25, 0.3) is 30.4 Å². The molecule has 0 saturated heterocycles. The summed E-state index contributed by atoms with van der Waals surface area (Å²) in [5.74, 6) is -10.1. The minimum atomic E-state index is -4.73. The molecule has 25 heteroatoms. The number of esters is 1. The van der Waals surface area contributed by atoms with Gasteiger partial charge in [-0.3, -0.25) is 18.5 Å². The number of carbonyl (C=O) groups is 1. The number of hydrogen-bond acceptors (Lipinski definition) is 14. The van der Waals surface area contributed by atoms with E-state index in [4.69, 9.17) is 23.4 Å². The lowest BCUT2D eigenvalue weighted by Crippen LogP contribution is -2.35. The van der Waals surface area contributed by atoms with Crippen molar-refractivity contribution in [3.63, 3.8) is 0 Å². The van der Waals surface area contributed by atoms with Crippen LogP contribution in [0, 0.1) is 23.3 Å². The molecule has 1 aliphatic carbocycles. The number of benzene rings is 3. The Bertz CT molecular complexity index is 3120. The van der Waals surface area contributed by atoms with E-state index in [1.165, 1.54) is 18.2 Å². The van der Waals surface area contributed by atoms with E-state index >= 15 is 0 Å². The standard InChI is InChI=1S/C52H66F4N2O16S3/c1-51(2,3)40-33-37(73-45-32-36(15-17-39(40)45)57(20-11-31-76(63,64)65)22-23-70-26-27-72-29-28-71-25-24-69-5)12-9-13-46-52(4,19-10-30-75(60,61)62)41-34-38(77(66,67)68)16-18-44(41)58(46)21-8-6-7-14-47(59)74-50-48(55)42(53)35-43(54)49(50)56/h9,12-13,15-18,32-35H,6-8,10-11,14,19-31H2,1-5H3,(H2-,60,61,62,63,64,65,66,67,68)/p+1. The first-order valence-electron chi connectivity index (χ1n) is 24.7. The second-order valence-corrected chi connectivity index (χ2v) is 24.0. The number of nitrogens with zero attached hydrogens (tertiary/aromatic N) is 2. The number of carbonyl (C=O) groups excluding carboxylic acids is 1. The number of methoxy groups -OCH3 is 1. The van der Waals surface area contributed by atoms with Gasteiger partial charge in [-0.2, -0.15) is 34.0 Å². The highest BCUT2D eigenvalue weighted by molar-refractivity contribution is 7.86. The minimum absolute atomic E-state index is 0.0144. The van der Waals surface area contributed by atoms with Crippen molar-refractivity contribution in [1.29, 1.82) is 0 Å². The Kier molecular flexibility index (Phi) is 22.6.